The third-order valence-corrected chi connectivity index (χ3v) is 5.92. The van der Waals surface area contributed by atoms with E-state index in [0.717, 1.165) is 0 Å². The highest BCUT2D eigenvalue weighted by atomic mass is 32.2. The molecule has 0 bridgehead atoms. The number of carbonyl (C=O) groups excluding carboxylic acids is 3. The molecule has 0 heterocycles. The van der Waals surface area contributed by atoms with Crippen LogP contribution >= 0.6 is 11.8 Å². The van der Waals surface area contributed by atoms with Crippen molar-refractivity contribution in [1.29, 1.82) is 0 Å². The standard InChI is InChI=1S/C21H38N4O7S/c1-6-12(4)17(20(30)24-16(11(2)3)21(31)32)25-19(29)14(9-10-33-5)23-18(28)13(22)7-8-15(26)27/h11-14,16-17H,6-10,22H2,1-5H3,(H,23,28)(H,24,30)(H,25,29)(H,26,27)(H,31,32). The van der Waals surface area contributed by atoms with E-state index in [0.29, 0.717) is 12.2 Å². The molecule has 0 aromatic rings. The van der Waals surface area contributed by atoms with Crippen molar-refractivity contribution in [2.75, 3.05) is 12.0 Å². The maximum atomic E-state index is 13.0. The first-order chi connectivity index (χ1) is 15.3. The first kappa shape index (κ1) is 30.7. The van der Waals surface area contributed by atoms with Gasteiger partial charge in [0.2, 0.25) is 17.7 Å². The minimum atomic E-state index is -1.17. The van der Waals surface area contributed by atoms with Crippen LogP contribution < -0.4 is 21.7 Å². The van der Waals surface area contributed by atoms with Crippen LogP contribution in [0.5, 0.6) is 0 Å². The van der Waals surface area contributed by atoms with Crippen LogP contribution in [0.4, 0.5) is 0 Å². The highest BCUT2D eigenvalue weighted by Crippen LogP contribution is 2.12. The molecule has 0 aromatic heterocycles. The van der Waals surface area contributed by atoms with E-state index in [4.69, 9.17) is 10.8 Å². The van der Waals surface area contributed by atoms with Crippen LogP contribution in [0, 0.1) is 11.8 Å². The molecule has 190 valence electrons. The van der Waals surface area contributed by atoms with Crippen molar-refractivity contribution in [3.8, 4) is 0 Å². The molecule has 0 aromatic carbocycles. The van der Waals surface area contributed by atoms with E-state index in [9.17, 15) is 29.1 Å². The molecular weight excluding hydrogens is 452 g/mol. The molecule has 0 fully saturated rings. The molecule has 5 unspecified atom stereocenters. The van der Waals surface area contributed by atoms with Crippen LogP contribution in [-0.4, -0.2) is 76.0 Å². The summed E-state index contributed by atoms with van der Waals surface area (Å²) in [5.41, 5.74) is 5.74. The Balaban J connectivity index is 5.47. The van der Waals surface area contributed by atoms with Crippen molar-refractivity contribution in [3.63, 3.8) is 0 Å². The van der Waals surface area contributed by atoms with E-state index in [-0.39, 0.29) is 31.1 Å². The van der Waals surface area contributed by atoms with Gasteiger partial charge >= 0.3 is 11.9 Å². The van der Waals surface area contributed by atoms with Crippen molar-refractivity contribution < 1.29 is 34.2 Å². The van der Waals surface area contributed by atoms with Crippen molar-refractivity contribution in [3.05, 3.63) is 0 Å². The van der Waals surface area contributed by atoms with Gasteiger partial charge in [0, 0.05) is 6.42 Å². The quantitative estimate of drug-likeness (QED) is 0.175. The van der Waals surface area contributed by atoms with E-state index < -0.39 is 53.8 Å². The number of rotatable bonds is 16. The normalized spacial score (nSPS) is 15.6. The van der Waals surface area contributed by atoms with E-state index in [1.165, 1.54) is 11.8 Å². The summed E-state index contributed by atoms with van der Waals surface area (Å²) in [5, 5.41) is 25.8. The lowest BCUT2D eigenvalue weighted by atomic mass is 9.96. The Morgan fingerprint density at radius 2 is 1.45 bits per heavy atom. The van der Waals surface area contributed by atoms with Gasteiger partial charge in [0.25, 0.3) is 0 Å². The molecule has 12 heteroatoms. The fraction of sp³-hybridized carbons (Fsp3) is 0.762. The lowest BCUT2D eigenvalue weighted by Gasteiger charge is -2.28. The van der Waals surface area contributed by atoms with Gasteiger partial charge in [0.1, 0.15) is 18.1 Å². The van der Waals surface area contributed by atoms with E-state index in [1.807, 2.05) is 13.2 Å². The molecule has 33 heavy (non-hydrogen) atoms. The number of hydrogen-bond donors (Lipinski definition) is 6. The molecule has 0 saturated heterocycles. The molecule has 5 atom stereocenters. The Morgan fingerprint density at radius 1 is 0.879 bits per heavy atom. The molecule has 0 aliphatic heterocycles. The van der Waals surface area contributed by atoms with Crippen molar-refractivity contribution in [2.24, 2.45) is 17.6 Å². The van der Waals surface area contributed by atoms with Crippen LogP contribution in [0.3, 0.4) is 0 Å². The number of amides is 3. The summed E-state index contributed by atoms with van der Waals surface area (Å²) < 4.78 is 0. The molecule has 11 nitrogen and oxygen atoms in total. The van der Waals surface area contributed by atoms with Crippen LogP contribution in [-0.2, 0) is 24.0 Å². The van der Waals surface area contributed by atoms with Gasteiger partial charge in [0.15, 0.2) is 0 Å². The second-order valence-corrected chi connectivity index (χ2v) is 9.31. The van der Waals surface area contributed by atoms with Crippen LogP contribution in [0.25, 0.3) is 0 Å². The zero-order chi connectivity index (χ0) is 25.7. The topological polar surface area (TPSA) is 188 Å². The number of hydrogen-bond acceptors (Lipinski definition) is 7. The maximum Gasteiger partial charge on any atom is 0.326 e. The third-order valence-electron chi connectivity index (χ3n) is 5.27. The van der Waals surface area contributed by atoms with Crippen molar-refractivity contribution >= 4 is 41.4 Å². The monoisotopic (exact) mass is 490 g/mol. The van der Waals surface area contributed by atoms with Gasteiger partial charge in [0.05, 0.1) is 6.04 Å². The fourth-order valence-corrected chi connectivity index (χ4v) is 3.38. The average Bonchev–Trinajstić information content (AvgIpc) is 2.75. The number of carboxylic acids is 2. The summed E-state index contributed by atoms with van der Waals surface area (Å²) in [6.45, 7) is 6.92. The summed E-state index contributed by atoms with van der Waals surface area (Å²) in [6, 6.07) is -4.19. The second kappa shape index (κ2) is 15.5. The molecule has 3 amide bonds. The average molecular weight is 491 g/mol. The van der Waals surface area contributed by atoms with E-state index >= 15 is 0 Å². The lowest BCUT2D eigenvalue weighted by molar-refractivity contribution is -0.144. The van der Waals surface area contributed by atoms with E-state index in [1.54, 1.807) is 20.8 Å². The minimum Gasteiger partial charge on any atom is -0.481 e. The number of nitrogens with two attached hydrogens (primary N) is 1. The summed E-state index contributed by atoms with van der Waals surface area (Å²) in [5.74, 6) is -4.26. The number of nitrogens with one attached hydrogen (secondary N) is 3. The van der Waals surface area contributed by atoms with Gasteiger partial charge in [-0.25, -0.2) is 4.79 Å². The Labute approximate surface area is 199 Å². The predicted molar refractivity (Wildman–Crippen MR) is 126 cm³/mol. The van der Waals surface area contributed by atoms with Crippen LogP contribution in [0.15, 0.2) is 0 Å². The molecule has 0 aliphatic rings. The lowest BCUT2D eigenvalue weighted by Crippen LogP contribution is -2.59. The summed E-state index contributed by atoms with van der Waals surface area (Å²) in [6.07, 6.45) is 2.28. The highest BCUT2D eigenvalue weighted by molar-refractivity contribution is 7.98. The fourth-order valence-electron chi connectivity index (χ4n) is 2.91. The van der Waals surface area contributed by atoms with Crippen molar-refractivity contribution in [2.45, 2.75) is 77.5 Å². The van der Waals surface area contributed by atoms with Crippen LogP contribution in [0.1, 0.15) is 53.4 Å². The first-order valence-corrected chi connectivity index (χ1v) is 12.3. The summed E-state index contributed by atoms with van der Waals surface area (Å²) in [4.78, 5) is 60.4. The van der Waals surface area contributed by atoms with E-state index in [2.05, 4.69) is 16.0 Å². The molecule has 0 radical (unpaired) electrons. The Kier molecular flexibility index (Phi) is 14.4. The Bertz CT molecular complexity index is 690. The van der Waals surface area contributed by atoms with Crippen LogP contribution in [0.2, 0.25) is 0 Å². The Hall–Kier alpha value is -2.34. The maximum absolute atomic E-state index is 13.0. The smallest absolute Gasteiger partial charge is 0.326 e. The summed E-state index contributed by atoms with van der Waals surface area (Å²) >= 11 is 1.46. The van der Waals surface area contributed by atoms with Gasteiger partial charge in [-0.15, -0.1) is 0 Å². The molecule has 0 saturated carbocycles. The SMILES string of the molecule is CCC(C)C(NC(=O)C(CCSC)NC(=O)C(N)CCC(=O)O)C(=O)NC(C(=O)O)C(C)C. The van der Waals surface area contributed by atoms with Gasteiger partial charge in [-0.1, -0.05) is 34.1 Å². The zero-order valence-corrected chi connectivity index (χ0v) is 20.7. The number of thioether (sulfide) groups is 1. The number of aliphatic carboxylic acids is 2. The number of carbonyl (C=O) groups is 5. The summed E-state index contributed by atoms with van der Waals surface area (Å²) in [7, 11) is 0. The zero-order valence-electron chi connectivity index (χ0n) is 19.9. The molecular formula is C21H38N4O7S. The molecule has 0 rings (SSSR count). The second-order valence-electron chi connectivity index (χ2n) is 8.32. The van der Waals surface area contributed by atoms with Gasteiger partial charge in [-0.3, -0.25) is 19.2 Å². The third kappa shape index (κ3) is 11.4. The first-order valence-electron chi connectivity index (χ1n) is 11.0. The largest absolute Gasteiger partial charge is 0.481 e. The molecule has 7 N–H and O–H groups in total. The Morgan fingerprint density at radius 3 is 1.91 bits per heavy atom. The minimum absolute atomic E-state index is 0.0816. The van der Waals surface area contributed by atoms with Gasteiger partial charge in [-0.2, -0.15) is 11.8 Å². The molecule has 0 aliphatic carbocycles. The number of carboxylic acid groups (broad SMARTS) is 2. The predicted octanol–water partition coefficient (Wildman–Crippen LogP) is 0.173. The van der Waals surface area contributed by atoms with Gasteiger partial charge in [-0.05, 0) is 36.7 Å². The van der Waals surface area contributed by atoms with Crippen molar-refractivity contribution in [1.82, 2.24) is 16.0 Å². The van der Waals surface area contributed by atoms with Gasteiger partial charge < -0.3 is 31.9 Å². The highest BCUT2D eigenvalue weighted by Gasteiger charge is 2.33. The molecule has 0 spiro atoms.